The van der Waals surface area contributed by atoms with Crippen molar-refractivity contribution in [2.24, 2.45) is 0 Å². The molecule has 128 valence electrons. The molecule has 24 heavy (non-hydrogen) atoms. The zero-order chi connectivity index (χ0) is 17.9. The Labute approximate surface area is 138 Å². The Morgan fingerprint density at radius 2 is 1.92 bits per heavy atom. The standard InChI is InChI=1S/C17H18F2N2O3/c1-9-6-14(11(3)24-9)17(23)20-8-16(22)21-10(2)13-5-4-12(18)7-15(13)19/h4-7,10H,8H2,1-3H3,(H,20,23)(H,21,22). The lowest BCUT2D eigenvalue weighted by atomic mass is 10.1. The van der Waals surface area contributed by atoms with Crippen LogP contribution in [0.25, 0.3) is 0 Å². The molecule has 2 amide bonds. The molecule has 0 aliphatic rings. The van der Waals surface area contributed by atoms with Crippen LogP contribution in [0.15, 0.2) is 28.7 Å². The topological polar surface area (TPSA) is 71.3 Å². The van der Waals surface area contributed by atoms with Crippen LogP contribution in [-0.2, 0) is 4.79 Å². The van der Waals surface area contributed by atoms with Crippen molar-refractivity contribution >= 4 is 11.8 Å². The normalized spacial score (nSPS) is 11.9. The summed E-state index contributed by atoms with van der Waals surface area (Å²) in [5, 5.41) is 5.01. The highest BCUT2D eigenvalue weighted by molar-refractivity contribution is 5.97. The first-order valence-electron chi connectivity index (χ1n) is 7.37. The second-order valence-corrected chi connectivity index (χ2v) is 5.46. The minimum atomic E-state index is -0.740. The Balaban J connectivity index is 1.91. The number of furan rings is 1. The Hall–Kier alpha value is -2.70. The molecule has 0 aliphatic carbocycles. The average molecular weight is 336 g/mol. The van der Waals surface area contributed by atoms with Crippen molar-refractivity contribution in [3.8, 4) is 0 Å². The van der Waals surface area contributed by atoms with Crippen LogP contribution >= 0.6 is 0 Å². The number of halogens is 2. The summed E-state index contributed by atoms with van der Waals surface area (Å²) in [7, 11) is 0. The first-order valence-corrected chi connectivity index (χ1v) is 7.37. The number of aryl methyl sites for hydroxylation is 2. The van der Waals surface area contributed by atoms with Crippen LogP contribution in [0.4, 0.5) is 8.78 Å². The third kappa shape index (κ3) is 4.18. The van der Waals surface area contributed by atoms with Crippen LogP contribution in [0.2, 0.25) is 0 Å². The second-order valence-electron chi connectivity index (χ2n) is 5.46. The SMILES string of the molecule is Cc1cc(C(=O)NCC(=O)NC(C)c2ccc(F)cc2F)c(C)o1. The molecule has 0 fully saturated rings. The van der Waals surface area contributed by atoms with E-state index in [-0.39, 0.29) is 12.1 Å². The van der Waals surface area contributed by atoms with E-state index >= 15 is 0 Å². The van der Waals surface area contributed by atoms with Crippen LogP contribution in [0.5, 0.6) is 0 Å². The molecule has 1 aromatic heterocycles. The summed E-state index contributed by atoms with van der Waals surface area (Å²) >= 11 is 0. The van der Waals surface area contributed by atoms with Crippen molar-refractivity contribution in [1.82, 2.24) is 10.6 Å². The Morgan fingerprint density at radius 1 is 1.21 bits per heavy atom. The number of hydrogen-bond donors (Lipinski definition) is 2. The molecule has 2 N–H and O–H groups in total. The number of rotatable bonds is 5. The summed E-state index contributed by atoms with van der Waals surface area (Å²) in [5.41, 5.74) is 0.523. The van der Waals surface area contributed by atoms with Crippen molar-refractivity contribution in [3.63, 3.8) is 0 Å². The van der Waals surface area contributed by atoms with E-state index in [0.29, 0.717) is 17.1 Å². The van der Waals surface area contributed by atoms with E-state index < -0.39 is 29.5 Å². The molecule has 2 aromatic rings. The van der Waals surface area contributed by atoms with Crippen molar-refractivity contribution in [2.75, 3.05) is 6.54 Å². The van der Waals surface area contributed by atoms with Crippen LogP contribution in [0.3, 0.4) is 0 Å². The van der Waals surface area contributed by atoms with E-state index in [4.69, 9.17) is 4.42 Å². The second kappa shape index (κ2) is 7.25. The number of carbonyl (C=O) groups is 2. The molecule has 0 bridgehead atoms. The van der Waals surface area contributed by atoms with Gasteiger partial charge in [-0.25, -0.2) is 8.78 Å². The lowest BCUT2D eigenvalue weighted by Gasteiger charge is -2.15. The van der Waals surface area contributed by atoms with E-state index in [1.807, 2.05) is 0 Å². The van der Waals surface area contributed by atoms with Crippen molar-refractivity contribution in [3.05, 3.63) is 58.5 Å². The zero-order valence-electron chi connectivity index (χ0n) is 13.6. The molecule has 0 saturated carbocycles. The monoisotopic (exact) mass is 336 g/mol. The number of carbonyl (C=O) groups excluding carboxylic acids is 2. The molecule has 1 unspecified atom stereocenters. The van der Waals surface area contributed by atoms with Crippen LogP contribution < -0.4 is 10.6 Å². The van der Waals surface area contributed by atoms with Crippen molar-refractivity contribution in [1.29, 1.82) is 0 Å². The molecule has 7 heteroatoms. The lowest BCUT2D eigenvalue weighted by Crippen LogP contribution is -2.38. The van der Waals surface area contributed by atoms with Crippen molar-refractivity contribution in [2.45, 2.75) is 26.8 Å². The first-order chi connectivity index (χ1) is 11.3. The van der Waals surface area contributed by atoms with E-state index in [0.717, 1.165) is 12.1 Å². The number of hydrogen-bond acceptors (Lipinski definition) is 3. The van der Waals surface area contributed by atoms with Crippen LogP contribution in [0.1, 0.15) is 40.4 Å². The largest absolute Gasteiger partial charge is 0.466 e. The maximum atomic E-state index is 13.7. The third-order valence-corrected chi connectivity index (χ3v) is 3.50. The molecule has 0 saturated heterocycles. The predicted octanol–water partition coefficient (Wildman–Crippen LogP) is 2.78. The van der Waals surface area contributed by atoms with Gasteiger partial charge in [0.25, 0.3) is 5.91 Å². The summed E-state index contributed by atoms with van der Waals surface area (Å²) in [4.78, 5) is 23.9. The van der Waals surface area contributed by atoms with Gasteiger partial charge >= 0.3 is 0 Å². The molecule has 5 nitrogen and oxygen atoms in total. The molecule has 0 aliphatic heterocycles. The Bertz CT molecular complexity index is 771. The van der Waals surface area contributed by atoms with E-state index in [1.165, 1.54) is 6.07 Å². The van der Waals surface area contributed by atoms with Gasteiger partial charge in [0.2, 0.25) is 5.91 Å². The molecular weight excluding hydrogens is 318 g/mol. The van der Waals surface area contributed by atoms with Gasteiger partial charge in [-0.05, 0) is 32.9 Å². The molecule has 1 atom stereocenters. The number of amides is 2. The van der Waals surface area contributed by atoms with E-state index in [2.05, 4.69) is 10.6 Å². The predicted molar refractivity (Wildman–Crippen MR) is 83.4 cm³/mol. The van der Waals surface area contributed by atoms with Crippen molar-refractivity contribution < 1.29 is 22.8 Å². The van der Waals surface area contributed by atoms with Gasteiger partial charge in [0.15, 0.2) is 0 Å². The summed E-state index contributed by atoms with van der Waals surface area (Å²) in [6, 6.07) is 4.06. The van der Waals surface area contributed by atoms with Crippen LogP contribution in [0, 0.1) is 25.5 Å². The fourth-order valence-corrected chi connectivity index (χ4v) is 2.33. The first kappa shape index (κ1) is 17.7. The highest BCUT2D eigenvalue weighted by Gasteiger charge is 2.17. The third-order valence-electron chi connectivity index (χ3n) is 3.50. The Kier molecular flexibility index (Phi) is 5.33. The molecule has 1 heterocycles. The van der Waals surface area contributed by atoms with Gasteiger partial charge < -0.3 is 15.1 Å². The Morgan fingerprint density at radius 3 is 2.50 bits per heavy atom. The summed E-state index contributed by atoms with van der Waals surface area (Å²) < 4.78 is 31.8. The van der Waals surface area contributed by atoms with Gasteiger partial charge in [-0.3, -0.25) is 9.59 Å². The highest BCUT2D eigenvalue weighted by atomic mass is 19.1. The number of nitrogens with one attached hydrogen (secondary N) is 2. The summed E-state index contributed by atoms with van der Waals surface area (Å²) in [6.07, 6.45) is 0. The fraction of sp³-hybridized carbons (Fsp3) is 0.294. The summed E-state index contributed by atoms with van der Waals surface area (Å²) in [5.74, 6) is -1.28. The molecule has 1 aromatic carbocycles. The quantitative estimate of drug-likeness (QED) is 0.882. The minimum Gasteiger partial charge on any atom is -0.466 e. The maximum absolute atomic E-state index is 13.7. The van der Waals surface area contributed by atoms with Gasteiger partial charge in [0, 0.05) is 11.6 Å². The molecular formula is C17H18F2N2O3. The summed E-state index contributed by atoms with van der Waals surface area (Å²) in [6.45, 7) is 4.67. The average Bonchev–Trinajstić information content (AvgIpc) is 2.83. The van der Waals surface area contributed by atoms with Gasteiger partial charge in [-0.1, -0.05) is 6.07 Å². The number of benzene rings is 1. The van der Waals surface area contributed by atoms with Gasteiger partial charge in [0.05, 0.1) is 18.2 Å². The fourth-order valence-electron chi connectivity index (χ4n) is 2.33. The van der Waals surface area contributed by atoms with E-state index in [1.54, 1.807) is 26.8 Å². The van der Waals surface area contributed by atoms with Gasteiger partial charge in [0.1, 0.15) is 23.2 Å². The van der Waals surface area contributed by atoms with Gasteiger partial charge in [-0.15, -0.1) is 0 Å². The molecule has 0 spiro atoms. The van der Waals surface area contributed by atoms with E-state index in [9.17, 15) is 18.4 Å². The lowest BCUT2D eigenvalue weighted by molar-refractivity contribution is -0.120. The maximum Gasteiger partial charge on any atom is 0.255 e. The smallest absolute Gasteiger partial charge is 0.255 e. The molecule has 0 radical (unpaired) electrons. The van der Waals surface area contributed by atoms with Crippen LogP contribution in [-0.4, -0.2) is 18.4 Å². The van der Waals surface area contributed by atoms with Gasteiger partial charge in [-0.2, -0.15) is 0 Å². The highest BCUT2D eigenvalue weighted by Crippen LogP contribution is 2.17. The minimum absolute atomic E-state index is 0.164. The molecule has 2 rings (SSSR count). The zero-order valence-corrected chi connectivity index (χ0v) is 13.6.